The fourth-order valence-electron chi connectivity index (χ4n) is 3.16. The molecule has 0 bridgehead atoms. The van der Waals surface area contributed by atoms with Crippen LogP contribution in [-0.4, -0.2) is 40.0 Å². The van der Waals surface area contributed by atoms with Crippen LogP contribution < -0.4 is 20.7 Å². The normalized spacial score (nSPS) is 15.3. The third-order valence-corrected chi connectivity index (χ3v) is 6.68. The molecule has 0 spiro atoms. The summed E-state index contributed by atoms with van der Waals surface area (Å²) < 4.78 is 6.24. The van der Waals surface area contributed by atoms with E-state index in [1.807, 2.05) is 31.2 Å². The number of para-hydroxylation sites is 2. The quantitative estimate of drug-likeness (QED) is 0.515. The Morgan fingerprint density at radius 1 is 1.23 bits per heavy atom. The van der Waals surface area contributed by atoms with E-state index in [1.165, 1.54) is 29.5 Å². The molecule has 10 heteroatoms. The van der Waals surface area contributed by atoms with Crippen molar-refractivity contribution in [2.75, 3.05) is 11.9 Å². The highest BCUT2D eigenvalue weighted by Crippen LogP contribution is 2.33. The Balaban J connectivity index is 1.49. The number of amides is 3. The van der Waals surface area contributed by atoms with E-state index in [1.54, 1.807) is 6.92 Å². The van der Waals surface area contributed by atoms with Crippen LogP contribution in [0.3, 0.4) is 0 Å². The second-order valence-corrected chi connectivity index (χ2v) is 9.55. The summed E-state index contributed by atoms with van der Waals surface area (Å²) in [4.78, 5) is 24.4. The van der Waals surface area contributed by atoms with Gasteiger partial charge in [0, 0.05) is 6.04 Å². The number of imide groups is 1. The van der Waals surface area contributed by atoms with Gasteiger partial charge in [0.2, 0.25) is 11.0 Å². The number of carbonyl (C=O) groups excluding carboxylic acids is 2. The smallest absolute Gasteiger partial charge is 0.321 e. The highest BCUT2D eigenvalue weighted by Gasteiger charge is 2.21. The second-order valence-electron chi connectivity index (χ2n) is 6.99. The van der Waals surface area contributed by atoms with Crippen LogP contribution in [0.5, 0.6) is 5.75 Å². The van der Waals surface area contributed by atoms with Gasteiger partial charge in [-0.2, -0.15) is 0 Å². The fraction of sp³-hybridized carbons (Fsp3) is 0.500. The summed E-state index contributed by atoms with van der Waals surface area (Å²) >= 11 is 2.61. The van der Waals surface area contributed by atoms with Crippen molar-refractivity contribution in [1.29, 1.82) is 0 Å². The van der Waals surface area contributed by atoms with Gasteiger partial charge in [-0.15, -0.1) is 10.2 Å². The molecule has 8 nitrogen and oxygen atoms in total. The molecule has 2 aromatic rings. The lowest BCUT2D eigenvalue weighted by Gasteiger charge is -2.22. The van der Waals surface area contributed by atoms with Crippen LogP contribution in [0, 0.1) is 0 Å². The molecule has 1 fully saturated rings. The summed E-state index contributed by atoms with van der Waals surface area (Å²) in [5, 5.41) is 16.9. The van der Waals surface area contributed by atoms with Crippen molar-refractivity contribution in [2.24, 2.45) is 0 Å². The molecular formula is C20H27N5O3S2. The van der Waals surface area contributed by atoms with Gasteiger partial charge in [0.05, 0.1) is 17.5 Å². The minimum Gasteiger partial charge on any atom is -0.492 e. The molecule has 3 N–H and O–H groups in total. The molecule has 1 aliphatic rings. The number of anilines is 2. The van der Waals surface area contributed by atoms with Gasteiger partial charge in [0.1, 0.15) is 5.75 Å². The fourth-order valence-corrected chi connectivity index (χ4v) is 5.07. The van der Waals surface area contributed by atoms with Gasteiger partial charge >= 0.3 is 6.03 Å². The molecule has 0 radical (unpaired) electrons. The number of aromatic nitrogens is 2. The highest BCUT2D eigenvalue weighted by molar-refractivity contribution is 8.02. The summed E-state index contributed by atoms with van der Waals surface area (Å²) in [6, 6.07) is 7.33. The number of benzene rings is 1. The van der Waals surface area contributed by atoms with Crippen molar-refractivity contribution in [1.82, 2.24) is 20.8 Å². The Morgan fingerprint density at radius 3 is 2.77 bits per heavy atom. The Kier molecular flexibility index (Phi) is 8.32. The average molecular weight is 450 g/mol. The van der Waals surface area contributed by atoms with E-state index in [0.717, 1.165) is 37.1 Å². The maximum absolute atomic E-state index is 12.3. The minimum absolute atomic E-state index is 0.158. The van der Waals surface area contributed by atoms with Gasteiger partial charge in [0.15, 0.2) is 4.34 Å². The van der Waals surface area contributed by atoms with Gasteiger partial charge in [-0.3, -0.25) is 10.1 Å². The molecule has 0 unspecified atom stereocenters. The number of ether oxygens (including phenoxy) is 1. The Morgan fingerprint density at radius 2 is 2.00 bits per heavy atom. The Hall–Kier alpha value is -2.33. The van der Waals surface area contributed by atoms with E-state index in [9.17, 15) is 9.59 Å². The molecule has 3 rings (SSSR count). The van der Waals surface area contributed by atoms with Crippen LogP contribution in [0.1, 0.15) is 46.0 Å². The third kappa shape index (κ3) is 6.60. The van der Waals surface area contributed by atoms with E-state index in [-0.39, 0.29) is 11.9 Å². The van der Waals surface area contributed by atoms with Crippen molar-refractivity contribution in [2.45, 2.75) is 61.6 Å². The molecule has 1 heterocycles. The minimum atomic E-state index is -0.474. The molecule has 30 heavy (non-hydrogen) atoms. The van der Waals surface area contributed by atoms with Gasteiger partial charge in [-0.1, -0.05) is 54.5 Å². The first-order valence-electron chi connectivity index (χ1n) is 10.2. The number of hydrogen-bond acceptors (Lipinski definition) is 8. The molecule has 1 saturated carbocycles. The SMILES string of the molecule is CCOc1ccccc1Nc1nnc(S[C@H](C)C(=O)NC(=O)NC2CCCCC2)s1. The lowest BCUT2D eigenvalue weighted by molar-refractivity contribution is -0.119. The molecule has 3 amide bonds. The van der Waals surface area contributed by atoms with Crippen molar-refractivity contribution in [3.05, 3.63) is 24.3 Å². The van der Waals surface area contributed by atoms with Gasteiger partial charge in [-0.05, 0) is 38.8 Å². The molecule has 162 valence electrons. The number of thioether (sulfide) groups is 1. The van der Waals surface area contributed by atoms with E-state index < -0.39 is 11.3 Å². The number of urea groups is 1. The van der Waals surface area contributed by atoms with Crippen molar-refractivity contribution in [3.63, 3.8) is 0 Å². The lowest BCUT2D eigenvalue weighted by atomic mass is 9.96. The number of nitrogens with one attached hydrogen (secondary N) is 3. The van der Waals surface area contributed by atoms with Crippen molar-refractivity contribution < 1.29 is 14.3 Å². The zero-order chi connectivity index (χ0) is 21.3. The van der Waals surface area contributed by atoms with Gasteiger partial charge < -0.3 is 15.4 Å². The maximum atomic E-state index is 12.3. The van der Waals surface area contributed by atoms with Crippen LogP contribution in [0.2, 0.25) is 0 Å². The van der Waals surface area contributed by atoms with Crippen molar-refractivity contribution in [3.8, 4) is 5.75 Å². The number of nitrogens with zero attached hydrogens (tertiary/aromatic N) is 2. The number of hydrogen-bond donors (Lipinski definition) is 3. The summed E-state index contributed by atoms with van der Waals surface area (Å²) in [5.41, 5.74) is 0.803. The van der Waals surface area contributed by atoms with Crippen LogP contribution in [-0.2, 0) is 4.79 Å². The maximum Gasteiger partial charge on any atom is 0.321 e. The molecule has 1 aromatic heterocycles. The standard InChI is InChI=1S/C20H27N5O3S2/c1-3-28-16-12-8-7-11-15(16)22-19-24-25-20(30-19)29-13(2)17(26)23-18(27)21-14-9-5-4-6-10-14/h7-8,11-14H,3-6,9-10H2,1-2H3,(H,22,24)(H2,21,23,26,27)/t13-/m1/s1. The predicted octanol–water partition coefficient (Wildman–Crippen LogP) is 4.32. The predicted molar refractivity (Wildman–Crippen MR) is 120 cm³/mol. The number of rotatable bonds is 8. The highest BCUT2D eigenvalue weighted by atomic mass is 32.2. The topological polar surface area (TPSA) is 105 Å². The van der Waals surface area contributed by atoms with Crippen molar-refractivity contribution >= 4 is 45.9 Å². The summed E-state index contributed by atoms with van der Waals surface area (Å²) in [6.45, 7) is 4.24. The molecule has 0 saturated heterocycles. The van der Waals surface area contributed by atoms with E-state index in [0.29, 0.717) is 16.1 Å². The number of carbonyl (C=O) groups is 2. The van der Waals surface area contributed by atoms with Crippen LogP contribution in [0.25, 0.3) is 0 Å². The van der Waals surface area contributed by atoms with Crippen LogP contribution >= 0.6 is 23.1 Å². The Labute approximate surface area is 184 Å². The molecule has 1 atom stereocenters. The Bertz CT molecular complexity index is 854. The third-order valence-electron chi connectivity index (χ3n) is 4.66. The van der Waals surface area contributed by atoms with Crippen LogP contribution in [0.15, 0.2) is 28.6 Å². The van der Waals surface area contributed by atoms with Gasteiger partial charge in [0.25, 0.3) is 0 Å². The largest absolute Gasteiger partial charge is 0.492 e. The molecule has 1 aliphatic carbocycles. The van der Waals surface area contributed by atoms with E-state index in [4.69, 9.17) is 4.74 Å². The first-order valence-corrected chi connectivity index (χ1v) is 11.8. The summed E-state index contributed by atoms with van der Waals surface area (Å²) in [5.74, 6) is 0.390. The molecule has 0 aliphatic heterocycles. The zero-order valence-corrected chi connectivity index (χ0v) is 18.8. The zero-order valence-electron chi connectivity index (χ0n) is 17.1. The average Bonchev–Trinajstić information content (AvgIpc) is 3.17. The molecular weight excluding hydrogens is 422 g/mol. The van der Waals surface area contributed by atoms with Crippen LogP contribution in [0.4, 0.5) is 15.6 Å². The second kappa shape index (κ2) is 11.2. The van der Waals surface area contributed by atoms with E-state index >= 15 is 0 Å². The summed E-state index contributed by atoms with van der Waals surface area (Å²) in [6.07, 6.45) is 5.39. The summed E-state index contributed by atoms with van der Waals surface area (Å²) in [7, 11) is 0. The van der Waals surface area contributed by atoms with Gasteiger partial charge in [-0.25, -0.2) is 4.79 Å². The van der Waals surface area contributed by atoms with E-state index in [2.05, 4.69) is 26.1 Å². The first kappa shape index (κ1) is 22.4. The monoisotopic (exact) mass is 449 g/mol. The first-order chi connectivity index (χ1) is 14.5. The molecule has 1 aromatic carbocycles. The lowest BCUT2D eigenvalue weighted by Crippen LogP contribution is -2.47.